The van der Waals surface area contributed by atoms with Gasteiger partial charge in [-0.1, -0.05) is 24.4 Å². The van der Waals surface area contributed by atoms with E-state index < -0.39 is 11.8 Å². The maximum Gasteiger partial charge on any atom is 0.339 e. The monoisotopic (exact) mass is 308 g/mol. The fraction of sp³-hybridized carbons (Fsp3) is 0.333. The highest BCUT2D eigenvalue weighted by Crippen LogP contribution is 2.34. The van der Waals surface area contributed by atoms with Crippen molar-refractivity contribution in [3.63, 3.8) is 0 Å². The molecule has 3 rings (SSSR count). The minimum Gasteiger partial charge on any atom is -0.478 e. The molecule has 1 saturated carbocycles. The Labute approximate surface area is 126 Å². The summed E-state index contributed by atoms with van der Waals surface area (Å²) >= 11 is 6.03. The quantitative estimate of drug-likeness (QED) is 0.926. The van der Waals surface area contributed by atoms with Crippen molar-refractivity contribution in [2.45, 2.75) is 31.7 Å². The molecule has 1 fully saturated rings. The van der Waals surface area contributed by atoms with E-state index in [1.807, 2.05) is 0 Å². The number of rotatable bonds is 3. The van der Waals surface area contributed by atoms with E-state index in [-0.39, 0.29) is 16.6 Å². The lowest BCUT2D eigenvalue weighted by atomic mass is 10.1. The summed E-state index contributed by atoms with van der Waals surface area (Å²) in [6.07, 6.45) is 5.79. The molecule has 1 aliphatic rings. The molecule has 1 aromatic carbocycles. The molecule has 4 nitrogen and oxygen atoms in total. The molecule has 21 heavy (non-hydrogen) atoms. The Morgan fingerprint density at radius 3 is 2.71 bits per heavy atom. The summed E-state index contributed by atoms with van der Waals surface area (Å²) in [5.41, 5.74) is 0.821. The summed E-state index contributed by atoms with van der Waals surface area (Å²) in [6, 6.07) is 4.11. The van der Waals surface area contributed by atoms with Crippen LogP contribution >= 0.6 is 11.6 Å². The van der Waals surface area contributed by atoms with Crippen LogP contribution < -0.4 is 0 Å². The molecular weight excluding hydrogens is 295 g/mol. The van der Waals surface area contributed by atoms with Crippen molar-refractivity contribution in [1.82, 2.24) is 9.78 Å². The first-order valence-corrected chi connectivity index (χ1v) is 7.22. The smallest absolute Gasteiger partial charge is 0.339 e. The molecule has 110 valence electrons. The zero-order valence-electron chi connectivity index (χ0n) is 11.2. The van der Waals surface area contributed by atoms with Gasteiger partial charge in [0.15, 0.2) is 0 Å². The first-order chi connectivity index (χ1) is 10.1. The number of benzene rings is 1. The predicted molar refractivity (Wildman–Crippen MR) is 77.1 cm³/mol. The topological polar surface area (TPSA) is 55.1 Å². The SMILES string of the molecule is O=C(O)c1cn(C2CCCC2)nc1-c1ccc(F)cc1Cl. The van der Waals surface area contributed by atoms with Crippen LogP contribution in [0.3, 0.4) is 0 Å². The second kappa shape index (κ2) is 5.48. The van der Waals surface area contributed by atoms with Crippen molar-refractivity contribution >= 4 is 17.6 Å². The van der Waals surface area contributed by atoms with E-state index in [4.69, 9.17) is 11.6 Å². The Bertz CT molecular complexity index is 693. The molecule has 6 heteroatoms. The van der Waals surface area contributed by atoms with Gasteiger partial charge in [0.2, 0.25) is 0 Å². The zero-order chi connectivity index (χ0) is 15.0. The van der Waals surface area contributed by atoms with E-state index in [9.17, 15) is 14.3 Å². The van der Waals surface area contributed by atoms with E-state index in [1.165, 1.54) is 12.1 Å². The number of nitrogens with zero attached hydrogens (tertiary/aromatic N) is 2. The summed E-state index contributed by atoms with van der Waals surface area (Å²) in [5, 5.41) is 13.9. The number of carbonyl (C=O) groups is 1. The normalized spacial score (nSPS) is 15.5. The van der Waals surface area contributed by atoms with E-state index in [2.05, 4.69) is 5.10 Å². The van der Waals surface area contributed by atoms with Crippen molar-refractivity contribution in [3.05, 3.63) is 40.8 Å². The third-order valence-corrected chi connectivity index (χ3v) is 4.16. The molecule has 0 saturated heterocycles. The van der Waals surface area contributed by atoms with E-state index in [1.54, 1.807) is 10.9 Å². The van der Waals surface area contributed by atoms with Gasteiger partial charge >= 0.3 is 5.97 Å². The molecule has 1 heterocycles. The maximum absolute atomic E-state index is 13.1. The number of carboxylic acids is 1. The van der Waals surface area contributed by atoms with E-state index >= 15 is 0 Å². The van der Waals surface area contributed by atoms with Crippen molar-refractivity contribution < 1.29 is 14.3 Å². The zero-order valence-corrected chi connectivity index (χ0v) is 12.0. The summed E-state index contributed by atoms with van der Waals surface area (Å²) in [6.45, 7) is 0. The Morgan fingerprint density at radius 1 is 1.38 bits per heavy atom. The van der Waals surface area contributed by atoms with Gasteiger partial charge in [-0.2, -0.15) is 5.10 Å². The maximum atomic E-state index is 13.1. The fourth-order valence-corrected chi connectivity index (χ4v) is 3.04. The summed E-state index contributed by atoms with van der Waals surface area (Å²) < 4.78 is 14.9. The third-order valence-electron chi connectivity index (χ3n) is 3.85. The van der Waals surface area contributed by atoms with E-state index in [0.29, 0.717) is 11.3 Å². The molecule has 0 bridgehead atoms. The lowest BCUT2D eigenvalue weighted by Crippen LogP contribution is -2.05. The van der Waals surface area contributed by atoms with Crippen LogP contribution in [0.15, 0.2) is 24.4 Å². The Morgan fingerprint density at radius 2 is 2.10 bits per heavy atom. The molecule has 1 N–H and O–H groups in total. The minimum absolute atomic E-state index is 0.0930. The lowest BCUT2D eigenvalue weighted by molar-refractivity contribution is 0.0697. The first kappa shape index (κ1) is 14.1. The lowest BCUT2D eigenvalue weighted by Gasteiger charge is -2.08. The number of aromatic nitrogens is 2. The van der Waals surface area contributed by atoms with Gasteiger partial charge in [-0.25, -0.2) is 9.18 Å². The van der Waals surface area contributed by atoms with Gasteiger partial charge in [0, 0.05) is 11.8 Å². The van der Waals surface area contributed by atoms with Gasteiger partial charge in [0.1, 0.15) is 17.1 Å². The Balaban J connectivity index is 2.09. The first-order valence-electron chi connectivity index (χ1n) is 6.84. The average Bonchev–Trinajstić information content (AvgIpc) is 3.07. The molecule has 1 aliphatic carbocycles. The van der Waals surface area contributed by atoms with Crippen molar-refractivity contribution in [3.8, 4) is 11.3 Å². The van der Waals surface area contributed by atoms with Gasteiger partial charge in [0.25, 0.3) is 0 Å². The van der Waals surface area contributed by atoms with Crippen molar-refractivity contribution in [2.75, 3.05) is 0 Å². The van der Waals surface area contributed by atoms with Gasteiger partial charge in [-0.15, -0.1) is 0 Å². The van der Waals surface area contributed by atoms with Gasteiger partial charge < -0.3 is 5.11 Å². The summed E-state index contributed by atoms with van der Waals surface area (Å²) in [5.74, 6) is -1.52. The van der Waals surface area contributed by atoms with Crippen LogP contribution in [0.4, 0.5) is 4.39 Å². The fourth-order valence-electron chi connectivity index (χ4n) is 2.78. The molecular formula is C15H14ClFN2O2. The molecule has 0 unspecified atom stereocenters. The molecule has 2 aromatic rings. The predicted octanol–water partition coefficient (Wildman–Crippen LogP) is 4.16. The number of hydrogen-bond acceptors (Lipinski definition) is 2. The second-order valence-electron chi connectivity index (χ2n) is 5.24. The molecule has 0 aliphatic heterocycles. The summed E-state index contributed by atoms with van der Waals surface area (Å²) in [7, 11) is 0. The highest BCUT2D eigenvalue weighted by molar-refractivity contribution is 6.33. The molecule has 0 radical (unpaired) electrons. The number of carboxylic acid groups (broad SMARTS) is 1. The van der Waals surface area contributed by atoms with Crippen molar-refractivity contribution in [1.29, 1.82) is 0 Å². The molecule has 1 aromatic heterocycles. The number of hydrogen-bond donors (Lipinski definition) is 1. The number of halogens is 2. The number of aromatic carboxylic acids is 1. The van der Waals surface area contributed by atoms with Crippen LogP contribution in [0.5, 0.6) is 0 Å². The third kappa shape index (κ3) is 2.65. The molecule has 0 atom stereocenters. The Kier molecular flexibility index (Phi) is 3.68. The van der Waals surface area contributed by atoms with Crippen LogP contribution in [0.25, 0.3) is 11.3 Å². The van der Waals surface area contributed by atoms with E-state index in [0.717, 1.165) is 31.7 Å². The second-order valence-corrected chi connectivity index (χ2v) is 5.65. The standard InChI is InChI=1S/C15H14ClFN2O2/c16-13-7-9(17)5-6-11(13)14-12(15(20)21)8-19(18-14)10-3-1-2-4-10/h5-8,10H,1-4H2,(H,20,21). The highest BCUT2D eigenvalue weighted by Gasteiger charge is 2.24. The molecule has 0 spiro atoms. The largest absolute Gasteiger partial charge is 0.478 e. The van der Waals surface area contributed by atoms with Crippen LogP contribution in [-0.4, -0.2) is 20.9 Å². The summed E-state index contributed by atoms with van der Waals surface area (Å²) in [4.78, 5) is 11.4. The van der Waals surface area contributed by atoms with Crippen molar-refractivity contribution in [2.24, 2.45) is 0 Å². The minimum atomic E-state index is -1.06. The van der Waals surface area contributed by atoms with Crippen LogP contribution in [0, 0.1) is 5.82 Å². The van der Waals surface area contributed by atoms with Gasteiger partial charge in [-0.05, 0) is 31.0 Å². The van der Waals surface area contributed by atoms with Crippen LogP contribution in [0.1, 0.15) is 42.1 Å². The van der Waals surface area contributed by atoms with Gasteiger partial charge in [0.05, 0.1) is 11.1 Å². The average molecular weight is 309 g/mol. The molecule has 0 amide bonds. The van der Waals surface area contributed by atoms with Gasteiger partial charge in [-0.3, -0.25) is 4.68 Å². The Hall–Kier alpha value is -1.88. The van der Waals surface area contributed by atoms with Crippen LogP contribution in [-0.2, 0) is 0 Å². The van der Waals surface area contributed by atoms with Crippen LogP contribution in [0.2, 0.25) is 5.02 Å². The highest BCUT2D eigenvalue weighted by atomic mass is 35.5.